The summed E-state index contributed by atoms with van der Waals surface area (Å²) in [5, 5.41) is 11.7. The molecule has 1 unspecified atom stereocenters. The Morgan fingerprint density at radius 1 is 1.21 bits per heavy atom. The van der Waals surface area contributed by atoms with Crippen molar-refractivity contribution >= 4 is 11.3 Å². The molecular formula is C19H18FN7O. The van der Waals surface area contributed by atoms with Crippen LogP contribution in [0.1, 0.15) is 6.92 Å². The van der Waals surface area contributed by atoms with Crippen LogP contribution < -0.4 is 4.90 Å². The summed E-state index contributed by atoms with van der Waals surface area (Å²) in [7, 11) is 0. The first-order valence-corrected chi connectivity index (χ1v) is 9.05. The van der Waals surface area contributed by atoms with E-state index in [-0.39, 0.29) is 11.9 Å². The third-order valence-corrected chi connectivity index (χ3v) is 4.96. The quantitative estimate of drug-likeness (QED) is 0.589. The summed E-state index contributed by atoms with van der Waals surface area (Å²) in [4.78, 5) is 10.5. The van der Waals surface area contributed by atoms with E-state index >= 15 is 0 Å². The van der Waals surface area contributed by atoms with Crippen LogP contribution in [0, 0.1) is 5.82 Å². The number of halogens is 1. The second-order valence-electron chi connectivity index (χ2n) is 6.74. The summed E-state index contributed by atoms with van der Waals surface area (Å²) in [6, 6.07) is 5.56. The fraction of sp³-hybridized carbons (Fsp3) is 0.263. The Labute approximate surface area is 160 Å². The molecule has 8 nitrogen and oxygen atoms in total. The van der Waals surface area contributed by atoms with Crippen LogP contribution in [0.5, 0.6) is 0 Å². The number of nitrogens with one attached hydrogen (secondary N) is 1. The van der Waals surface area contributed by atoms with Crippen molar-refractivity contribution in [3.8, 4) is 22.6 Å². The van der Waals surface area contributed by atoms with Crippen LogP contribution in [-0.2, 0) is 4.74 Å². The van der Waals surface area contributed by atoms with Crippen molar-refractivity contribution < 1.29 is 9.13 Å². The molecule has 142 valence electrons. The number of nitrogens with zero attached hydrogens (tertiary/aromatic N) is 6. The van der Waals surface area contributed by atoms with E-state index in [1.165, 1.54) is 6.20 Å². The molecular weight excluding hydrogens is 361 g/mol. The van der Waals surface area contributed by atoms with Crippen LogP contribution in [0.3, 0.4) is 0 Å². The fourth-order valence-electron chi connectivity index (χ4n) is 3.55. The van der Waals surface area contributed by atoms with Gasteiger partial charge in [-0.2, -0.15) is 5.10 Å². The average Bonchev–Trinajstić information content (AvgIpc) is 3.37. The van der Waals surface area contributed by atoms with Gasteiger partial charge in [-0.1, -0.05) is 0 Å². The molecule has 4 aromatic heterocycles. The maximum Gasteiger partial charge on any atom is 0.179 e. The first-order valence-electron chi connectivity index (χ1n) is 9.05. The summed E-state index contributed by atoms with van der Waals surface area (Å²) in [5.74, 6) is 0.972. The molecule has 1 aliphatic heterocycles. The number of fused-ring (bicyclic) bond motifs is 1. The van der Waals surface area contributed by atoms with Crippen molar-refractivity contribution in [3.05, 3.63) is 48.8 Å². The predicted molar refractivity (Wildman–Crippen MR) is 101 cm³/mol. The fourth-order valence-corrected chi connectivity index (χ4v) is 3.55. The molecule has 5 rings (SSSR count). The summed E-state index contributed by atoms with van der Waals surface area (Å²) in [6.45, 7) is 4.05. The molecule has 0 amide bonds. The largest absolute Gasteiger partial charge is 0.377 e. The van der Waals surface area contributed by atoms with Gasteiger partial charge in [0.05, 0.1) is 37.2 Å². The molecule has 1 aliphatic rings. The van der Waals surface area contributed by atoms with Crippen LogP contribution in [0.2, 0.25) is 0 Å². The molecule has 4 aromatic rings. The van der Waals surface area contributed by atoms with Gasteiger partial charge in [-0.15, -0.1) is 5.10 Å². The molecule has 0 saturated carbocycles. The van der Waals surface area contributed by atoms with E-state index in [0.717, 1.165) is 11.5 Å². The number of rotatable bonds is 3. The molecule has 9 heteroatoms. The van der Waals surface area contributed by atoms with Gasteiger partial charge in [0.15, 0.2) is 11.6 Å². The molecule has 0 aliphatic carbocycles. The minimum Gasteiger partial charge on any atom is -0.377 e. The lowest BCUT2D eigenvalue weighted by Gasteiger charge is -2.34. The lowest BCUT2D eigenvalue weighted by atomic mass is 10.1. The predicted octanol–water partition coefficient (Wildman–Crippen LogP) is 2.55. The van der Waals surface area contributed by atoms with Crippen molar-refractivity contribution in [2.24, 2.45) is 0 Å². The second kappa shape index (κ2) is 6.68. The minimum absolute atomic E-state index is 0.160. The highest BCUT2D eigenvalue weighted by molar-refractivity contribution is 5.83. The number of hydrogen-bond acceptors (Lipinski definition) is 6. The van der Waals surface area contributed by atoms with Crippen LogP contribution in [0.25, 0.3) is 28.2 Å². The number of aromatic nitrogens is 6. The summed E-state index contributed by atoms with van der Waals surface area (Å²) >= 11 is 0. The number of pyridine rings is 1. The Bertz CT molecular complexity index is 1120. The molecule has 5 heterocycles. The van der Waals surface area contributed by atoms with E-state index in [1.807, 2.05) is 12.1 Å². The van der Waals surface area contributed by atoms with E-state index in [1.54, 1.807) is 29.2 Å². The van der Waals surface area contributed by atoms with Gasteiger partial charge in [-0.25, -0.2) is 13.9 Å². The van der Waals surface area contributed by atoms with Gasteiger partial charge < -0.3 is 9.64 Å². The SMILES string of the molecule is CC1COCCN1c1cc(-c2ccncc2F)c2cnc(-c3ccn[nH]3)n2n1. The van der Waals surface area contributed by atoms with Crippen molar-refractivity contribution in [2.75, 3.05) is 24.7 Å². The zero-order valence-electron chi connectivity index (χ0n) is 15.2. The lowest BCUT2D eigenvalue weighted by Crippen LogP contribution is -2.44. The Balaban J connectivity index is 1.77. The molecule has 0 bridgehead atoms. The molecule has 28 heavy (non-hydrogen) atoms. The highest BCUT2D eigenvalue weighted by Gasteiger charge is 2.24. The number of morpholine rings is 1. The van der Waals surface area contributed by atoms with E-state index in [2.05, 4.69) is 32.0 Å². The number of H-pyrrole nitrogens is 1. The number of aromatic amines is 1. The maximum atomic E-state index is 14.6. The molecule has 1 atom stereocenters. The Hall–Kier alpha value is -3.33. The van der Waals surface area contributed by atoms with Crippen molar-refractivity contribution in [1.82, 2.24) is 29.8 Å². The van der Waals surface area contributed by atoms with Gasteiger partial charge in [0.1, 0.15) is 11.5 Å². The minimum atomic E-state index is -0.388. The third-order valence-electron chi connectivity index (χ3n) is 4.96. The van der Waals surface area contributed by atoms with Crippen LogP contribution in [-0.4, -0.2) is 55.6 Å². The monoisotopic (exact) mass is 379 g/mol. The number of imidazole rings is 1. The standard InChI is InChI=1S/C19H18FN7O/c1-12-11-28-7-6-26(12)18-8-14(13-2-4-21-9-15(13)20)17-10-22-19(27(17)25-18)16-3-5-23-24-16/h2-5,8-10,12H,6-7,11H2,1H3,(H,23,24). The number of ether oxygens (including phenoxy) is 1. The number of hydrogen-bond donors (Lipinski definition) is 1. The highest BCUT2D eigenvalue weighted by atomic mass is 19.1. The lowest BCUT2D eigenvalue weighted by molar-refractivity contribution is 0.0984. The van der Waals surface area contributed by atoms with E-state index in [0.29, 0.717) is 42.2 Å². The van der Waals surface area contributed by atoms with Crippen molar-refractivity contribution in [3.63, 3.8) is 0 Å². The summed E-state index contributed by atoms with van der Waals surface area (Å²) < 4.78 is 21.9. The zero-order valence-corrected chi connectivity index (χ0v) is 15.2. The Morgan fingerprint density at radius 2 is 2.14 bits per heavy atom. The molecule has 0 aromatic carbocycles. The molecule has 1 N–H and O–H groups in total. The first kappa shape index (κ1) is 16.8. The normalized spacial score (nSPS) is 17.4. The van der Waals surface area contributed by atoms with Gasteiger partial charge in [0.2, 0.25) is 0 Å². The third kappa shape index (κ3) is 2.71. The Kier molecular flexibility index (Phi) is 4.01. The topological polar surface area (TPSA) is 84.2 Å². The first-order chi connectivity index (χ1) is 13.7. The van der Waals surface area contributed by atoms with Crippen molar-refractivity contribution in [1.29, 1.82) is 0 Å². The van der Waals surface area contributed by atoms with Crippen LogP contribution in [0.15, 0.2) is 43.0 Å². The van der Waals surface area contributed by atoms with Crippen molar-refractivity contribution in [2.45, 2.75) is 13.0 Å². The van der Waals surface area contributed by atoms with Gasteiger partial charge >= 0.3 is 0 Å². The van der Waals surface area contributed by atoms with E-state index < -0.39 is 0 Å². The van der Waals surface area contributed by atoms with Crippen LogP contribution in [0.4, 0.5) is 10.2 Å². The smallest absolute Gasteiger partial charge is 0.179 e. The molecule has 0 spiro atoms. The van der Waals surface area contributed by atoms with Gasteiger partial charge in [0.25, 0.3) is 0 Å². The zero-order chi connectivity index (χ0) is 19.1. The van der Waals surface area contributed by atoms with Crippen LogP contribution >= 0.6 is 0 Å². The van der Waals surface area contributed by atoms with Gasteiger partial charge in [-0.05, 0) is 25.1 Å². The molecule has 0 radical (unpaired) electrons. The summed E-state index contributed by atoms with van der Waals surface area (Å²) in [6.07, 6.45) is 6.16. The molecule has 1 fully saturated rings. The van der Waals surface area contributed by atoms with E-state index in [4.69, 9.17) is 9.84 Å². The summed E-state index contributed by atoms with van der Waals surface area (Å²) in [5.41, 5.74) is 2.61. The average molecular weight is 379 g/mol. The van der Waals surface area contributed by atoms with Gasteiger partial charge in [-0.3, -0.25) is 10.1 Å². The second-order valence-corrected chi connectivity index (χ2v) is 6.74. The maximum absolute atomic E-state index is 14.6. The van der Waals surface area contributed by atoms with E-state index in [9.17, 15) is 4.39 Å². The highest BCUT2D eigenvalue weighted by Crippen LogP contribution is 2.32. The Morgan fingerprint density at radius 3 is 2.93 bits per heavy atom. The molecule has 1 saturated heterocycles. The van der Waals surface area contributed by atoms with Gasteiger partial charge in [0, 0.05) is 30.1 Å². The number of anilines is 1.